The van der Waals surface area contributed by atoms with Crippen molar-refractivity contribution < 1.29 is 0 Å². The highest BCUT2D eigenvalue weighted by atomic mass is 32.1. The predicted octanol–water partition coefficient (Wildman–Crippen LogP) is 1.24. The lowest BCUT2D eigenvalue weighted by atomic mass is 10.1. The Bertz CT molecular complexity index is 526. The number of rotatable bonds is 2. The summed E-state index contributed by atoms with van der Waals surface area (Å²) in [6.07, 6.45) is 1.87. The SMILES string of the molecule is N=c1sccn1Cc1cccc(N)c1N. The summed E-state index contributed by atoms with van der Waals surface area (Å²) >= 11 is 1.39. The first kappa shape index (κ1) is 9.79. The van der Waals surface area contributed by atoms with Gasteiger partial charge in [0.25, 0.3) is 0 Å². The van der Waals surface area contributed by atoms with Crippen molar-refractivity contribution in [1.29, 1.82) is 5.41 Å². The average molecular weight is 220 g/mol. The summed E-state index contributed by atoms with van der Waals surface area (Å²) in [7, 11) is 0. The van der Waals surface area contributed by atoms with Crippen molar-refractivity contribution in [3.63, 3.8) is 0 Å². The van der Waals surface area contributed by atoms with Gasteiger partial charge in [-0.1, -0.05) is 12.1 Å². The zero-order chi connectivity index (χ0) is 10.8. The Morgan fingerprint density at radius 1 is 1.33 bits per heavy atom. The number of thiazole rings is 1. The number of aromatic nitrogens is 1. The van der Waals surface area contributed by atoms with Crippen LogP contribution in [0.15, 0.2) is 29.8 Å². The zero-order valence-electron chi connectivity index (χ0n) is 8.10. The van der Waals surface area contributed by atoms with Gasteiger partial charge >= 0.3 is 0 Å². The third kappa shape index (κ3) is 1.87. The van der Waals surface area contributed by atoms with Gasteiger partial charge in [-0.3, -0.25) is 5.41 Å². The first-order valence-electron chi connectivity index (χ1n) is 4.50. The van der Waals surface area contributed by atoms with Gasteiger partial charge in [-0.15, -0.1) is 11.3 Å². The van der Waals surface area contributed by atoms with Crippen molar-refractivity contribution in [3.8, 4) is 0 Å². The fraction of sp³-hybridized carbons (Fsp3) is 0.100. The van der Waals surface area contributed by atoms with Gasteiger partial charge in [0.1, 0.15) is 0 Å². The number of nitrogens with one attached hydrogen (secondary N) is 1. The number of nitrogens with two attached hydrogens (primary N) is 2. The van der Waals surface area contributed by atoms with Crippen LogP contribution >= 0.6 is 11.3 Å². The molecule has 0 aliphatic carbocycles. The van der Waals surface area contributed by atoms with E-state index in [9.17, 15) is 0 Å². The third-order valence-corrected chi connectivity index (χ3v) is 2.97. The van der Waals surface area contributed by atoms with Crippen LogP contribution in [0.25, 0.3) is 0 Å². The highest BCUT2D eigenvalue weighted by Crippen LogP contribution is 2.19. The molecular weight excluding hydrogens is 208 g/mol. The van der Waals surface area contributed by atoms with Crippen molar-refractivity contribution in [2.75, 3.05) is 11.5 Å². The summed E-state index contributed by atoms with van der Waals surface area (Å²) in [5, 5.41) is 9.51. The largest absolute Gasteiger partial charge is 0.397 e. The maximum absolute atomic E-state index is 7.63. The van der Waals surface area contributed by atoms with Crippen LogP contribution in [0.2, 0.25) is 0 Å². The summed E-state index contributed by atoms with van der Waals surface area (Å²) in [6, 6.07) is 5.58. The van der Waals surface area contributed by atoms with E-state index in [0.717, 1.165) is 5.56 Å². The van der Waals surface area contributed by atoms with Crippen LogP contribution in [-0.2, 0) is 6.54 Å². The van der Waals surface area contributed by atoms with E-state index in [1.165, 1.54) is 11.3 Å². The summed E-state index contributed by atoms with van der Waals surface area (Å²) in [4.78, 5) is 0.511. The second-order valence-corrected chi connectivity index (χ2v) is 4.15. The van der Waals surface area contributed by atoms with E-state index in [1.807, 2.05) is 28.3 Å². The first-order valence-corrected chi connectivity index (χ1v) is 5.38. The minimum absolute atomic E-state index is 0.511. The van der Waals surface area contributed by atoms with Crippen molar-refractivity contribution in [2.45, 2.75) is 6.54 Å². The molecule has 1 aromatic heterocycles. The summed E-state index contributed by atoms with van der Waals surface area (Å²) in [5.74, 6) is 0. The molecule has 0 spiro atoms. The highest BCUT2D eigenvalue weighted by Gasteiger charge is 2.03. The summed E-state index contributed by atoms with van der Waals surface area (Å²) in [5.41, 5.74) is 13.7. The zero-order valence-corrected chi connectivity index (χ0v) is 8.92. The van der Waals surface area contributed by atoms with Crippen molar-refractivity contribution in [2.24, 2.45) is 0 Å². The van der Waals surface area contributed by atoms with Gasteiger partial charge in [-0.05, 0) is 11.6 Å². The second-order valence-electron chi connectivity index (χ2n) is 3.26. The van der Waals surface area contributed by atoms with Crippen LogP contribution < -0.4 is 16.3 Å². The molecule has 0 fully saturated rings. The lowest BCUT2D eigenvalue weighted by molar-refractivity contribution is 0.761. The number of para-hydroxylation sites is 1. The fourth-order valence-electron chi connectivity index (χ4n) is 1.38. The molecule has 4 nitrogen and oxygen atoms in total. The van der Waals surface area contributed by atoms with E-state index in [2.05, 4.69) is 0 Å². The molecule has 0 bridgehead atoms. The van der Waals surface area contributed by atoms with Gasteiger partial charge < -0.3 is 16.0 Å². The van der Waals surface area contributed by atoms with Crippen LogP contribution in [0.1, 0.15) is 5.56 Å². The van der Waals surface area contributed by atoms with Crippen LogP contribution in [0.4, 0.5) is 11.4 Å². The highest BCUT2D eigenvalue weighted by molar-refractivity contribution is 7.06. The van der Waals surface area contributed by atoms with E-state index < -0.39 is 0 Å². The molecule has 0 saturated heterocycles. The fourth-order valence-corrected chi connectivity index (χ4v) is 1.98. The van der Waals surface area contributed by atoms with Crippen molar-refractivity contribution in [3.05, 3.63) is 40.1 Å². The molecule has 1 heterocycles. The number of hydrogen-bond donors (Lipinski definition) is 3. The van der Waals surface area contributed by atoms with E-state index >= 15 is 0 Å². The number of benzene rings is 1. The molecule has 15 heavy (non-hydrogen) atoms. The Labute approximate surface area is 91.3 Å². The minimum Gasteiger partial charge on any atom is -0.397 e. The molecule has 2 aromatic rings. The van der Waals surface area contributed by atoms with Crippen molar-refractivity contribution >= 4 is 22.7 Å². The van der Waals surface area contributed by atoms with Gasteiger partial charge in [-0.2, -0.15) is 0 Å². The van der Waals surface area contributed by atoms with Crippen LogP contribution in [-0.4, -0.2) is 4.57 Å². The Kier molecular flexibility index (Phi) is 2.47. The van der Waals surface area contributed by atoms with Crippen LogP contribution in [0.3, 0.4) is 0 Å². The number of anilines is 2. The lowest BCUT2D eigenvalue weighted by Gasteiger charge is -2.08. The Morgan fingerprint density at radius 2 is 2.13 bits per heavy atom. The standard InChI is InChI=1S/C10H12N4S/c11-8-3-1-2-7(9(8)12)6-14-4-5-15-10(14)13/h1-5,13H,6,11-12H2. The monoisotopic (exact) mass is 220 g/mol. The molecule has 0 radical (unpaired) electrons. The van der Waals surface area contributed by atoms with Gasteiger partial charge in [0.2, 0.25) is 0 Å². The van der Waals surface area contributed by atoms with Crippen LogP contribution in [0, 0.1) is 5.41 Å². The normalized spacial score (nSPS) is 10.4. The number of nitrogens with zero attached hydrogens (tertiary/aromatic N) is 1. The molecule has 5 N–H and O–H groups in total. The lowest BCUT2D eigenvalue weighted by Crippen LogP contribution is -2.14. The smallest absolute Gasteiger partial charge is 0.182 e. The molecule has 5 heteroatoms. The van der Waals surface area contributed by atoms with Crippen molar-refractivity contribution in [1.82, 2.24) is 4.57 Å². The van der Waals surface area contributed by atoms with Gasteiger partial charge in [-0.25, -0.2) is 0 Å². The van der Waals surface area contributed by atoms with Crippen LogP contribution in [0.5, 0.6) is 0 Å². The maximum Gasteiger partial charge on any atom is 0.182 e. The average Bonchev–Trinajstić information content (AvgIpc) is 2.60. The first-order chi connectivity index (χ1) is 7.18. The molecule has 0 aliphatic heterocycles. The topological polar surface area (TPSA) is 80.8 Å². The molecule has 0 unspecified atom stereocenters. The quantitative estimate of drug-likeness (QED) is 0.666. The Morgan fingerprint density at radius 3 is 2.80 bits per heavy atom. The molecule has 0 atom stereocenters. The molecule has 2 rings (SSSR count). The summed E-state index contributed by atoms with van der Waals surface area (Å²) in [6.45, 7) is 0.596. The maximum atomic E-state index is 7.63. The Balaban J connectivity index is 2.37. The Hall–Kier alpha value is -1.75. The van der Waals surface area contributed by atoms with E-state index in [0.29, 0.717) is 22.7 Å². The van der Waals surface area contributed by atoms with E-state index in [1.54, 1.807) is 6.07 Å². The number of hydrogen-bond acceptors (Lipinski definition) is 4. The van der Waals surface area contributed by atoms with E-state index in [-0.39, 0.29) is 0 Å². The molecule has 0 amide bonds. The van der Waals surface area contributed by atoms with Gasteiger partial charge in [0, 0.05) is 11.6 Å². The third-order valence-electron chi connectivity index (χ3n) is 2.25. The molecule has 78 valence electrons. The van der Waals surface area contributed by atoms with E-state index in [4.69, 9.17) is 16.9 Å². The number of nitrogen functional groups attached to an aromatic ring is 2. The predicted molar refractivity (Wildman–Crippen MR) is 62.5 cm³/mol. The van der Waals surface area contributed by atoms with Gasteiger partial charge in [0.05, 0.1) is 17.9 Å². The summed E-state index contributed by atoms with van der Waals surface area (Å²) < 4.78 is 1.83. The minimum atomic E-state index is 0.511. The molecule has 0 aliphatic rings. The molecular formula is C10H12N4S. The van der Waals surface area contributed by atoms with Gasteiger partial charge in [0.15, 0.2) is 4.80 Å². The molecule has 0 saturated carbocycles. The second kappa shape index (κ2) is 3.78. The molecule has 1 aromatic carbocycles.